The van der Waals surface area contributed by atoms with Gasteiger partial charge in [0.25, 0.3) is 17.4 Å². The van der Waals surface area contributed by atoms with Gasteiger partial charge in [-0.1, -0.05) is 28.9 Å². The van der Waals surface area contributed by atoms with Crippen LogP contribution in [0.25, 0.3) is 28.2 Å². The number of nitrogens with two attached hydrogens (primary N) is 1. The van der Waals surface area contributed by atoms with Crippen molar-refractivity contribution in [3.63, 3.8) is 0 Å². The quantitative estimate of drug-likeness (QED) is 0.351. The van der Waals surface area contributed by atoms with Gasteiger partial charge in [0.2, 0.25) is 0 Å². The Hall–Kier alpha value is -4.32. The summed E-state index contributed by atoms with van der Waals surface area (Å²) in [7, 11) is 0. The Kier molecular flexibility index (Phi) is 4.98. The molecule has 4 aromatic heterocycles. The van der Waals surface area contributed by atoms with E-state index in [1.54, 1.807) is 19.1 Å². The topological polar surface area (TPSA) is 166 Å². The van der Waals surface area contributed by atoms with Crippen molar-refractivity contribution in [3.8, 4) is 17.4 Å². The highest BCUT2D eigenvalue weighted by Gasteiger charge is 2.23. The van der Waals surface area contributed by atoms with E-state index in [0.29, 0.717) is 38.7 Å². The highest BCUT2D eigenvalue weighted by Crippen LogP contribution is 2.32. The number of nitrogens with one attached hydrogen (secondary N) is 2. The zero-order valence-electron chi connectivity index (χ0n) is 17.4. The fourth-order valence-corrected chi connectivity index (χ4v) is 3.83. The zero-order chi connectivity index (χ0) is 23.1. The highest BCUT2D eigenvalue weighted by atomic mass is 35.5. The Labute approximate surface area is 190 Å². The number of anilines is 2. The van der Waals surface area contributed by atoms with Crippen LogP contribution >= 0.6 is 11.6 Å². The SMILES string of the molecule is Cc1noc(-c2c(N)ncnc2N[C@@H](C)c2cc3cccc(Cl)c3c(=O)n2-c2nc[nH]n2)n1. The lowest BCUT2D eigenvalue weighted by atomic mass is 10.1. The lowest BCUT2D eigenvalue weighted by Crippen LogP contribution is -2.27. The number of nitrogen functional groups attached to an aromatic ring is 1. The zero-order valence-corrected chi connectivity index (χ0v) is 18.2. The first-order chi connectivity index (χ1) is 15.9. The van der Waals surface area contributed by atoms with Crippen LogP contribution in [0.5, 0.6) is 0 Å². The Morgan fingerprint density at radius 2 is 2.12 bits per heavy atom. The Morgan fingerprint density at radius 3 is 2.85 bits per heavy atom. The van der Waals surface area contributed by atoms with Gasteiger partial charge >= 0.3 is 0 Å². The van der Waals surface area contributed by atoms with Crippen molar-refractivity contribution in [2.75, 3.05) is 11.1 Å². The predicted octanol–water partition coefficient (Wildman–Crippen LogP) is 2.67. The second-order valence-corrected chi connectivity index (χ2v) is 7.62. The van der Waals surface area contributed by atoms with Crippen molar-refractivity contribution >= 4 is 34.0 Å². The number of hydrogen-bond acceptors (Lipinski definition) is 10. The summed E-state index contributed by atoms with van der Waals surface area (Å²) in [5.74, 6) is 1.33. The molecule has 13 heteroatoms. The molecule has 0 aliphatic carbocycles. The molecule has 0 aliphatic rings. The van der Waals surface area contributed by atoms with Crippen LogP contribution in [0.1, 0.15) is 24.5 Å². The van der Waals surface area contributed by atoms with Crippen molar-refractivity contribution < 1.29 is 4.52 Å². The van der Waals surface area contributed by atoms with Crippen LogP contribution < -0.4 is 16.6 Å². The molecule has 5 rings (SSSR count). The molecular formula is C20H17ClN10O2. The molecule has 5 aromatic rings. The van der Waals surface area contributed by atoms with E-state index < -0.39 is 6.04 Å². The number of halogens is 1. The van der Waals surface area contributed by atoms with E-state index in [1.807, 2.05) is 19.1 Å². The van der Waals surface area contributed by atoms with Gasteiger partial charge in [-0.3, -0.25) is 9.89 Å². The van der Waals surface area contributed by atoms with Gasteiger partial charge in [0, 0.05) is 0 Å². The Balaban J connectivity index is 1.66. The molecule has 0 spiro atoms. The fourth-order valence-electron chi connectivity index (χ4n) is 3.57. The van der Waals surface area contributed by atoms with Gasteiger partial charge in [-0.15, -0.1) is 5.10 Å². The van der Waals surface area contributed by atoms with Gasteiger partial charge in [-0.25, -0.2) is 14.5 Å². The number of nitrogens with zero attached hydrogens (tertiary/aromatic N) is 7. The summed E-state index contributed by atoms with van der Waals surface area (Å²) in [4.78, 5) is 30.2. The summed E-state index contributed by atoms with van der Waals surface area (Å²) < 4.78 is 6.67. The fraction of sp³-hybridized carbons (Fsp3) is 0.150. The maximum absolute atomic E-state index is 13.4. The first-order valence-electron chi connectivity index (χ1n) is 9.82. The average molecular weight is 465 g/mol. The second kappa shape index (κ2) is 7.98. The molecule has 0 bridgehead atoms. The summed E-state index contributed by atoms with van der Waals surface area (Å²) in [5.41, 5.74) is 6.67. The maximum Gasteiger partial charge on any atom is 0.267 e. The number of H-pyrrole nitrogens is 1. The van der Waals surface area contributed by atoms with E-state index in [-0.39, 0.29) is 23.2 Å². The number of hydrogen-bond donors (Lipinski definition) is 3. The molecule has 0 saturated heterocycles. The molecule has 0 saturated carbocycles. The normalized spacial score (nSPS) is 12.2. The van der Waals surface area contributed by atoms with E-state index in [0.717, 1.165) is 0 Å². The first-order valence-corrected chi connectivity index (χ1v) is 10.2. The van der Waals surface area contributed by atoms with Crippen LogP contribution in [0.3, 0.4) is 0 Å². The summed E-state index contributed by atoms with van der Waals surface area (Å²) in [5, 5.41) is 15.2. The monoisotopic (exact) mass is 464 g/mol. The van der Waals surface area contributed by atoms with Crippen LogP contribution in [0.2, 0.25) is 5.02 Å². The maximum atomic E-state index is 13.4. The third kappa shape index (κ3) is 3.55. The summed E-state index contributed by atoms with van der Waals surface area (Å²) in [6.07, 6.45) is 2.71. The molecule has 0 unspecified atom stereocenters. The van der Waals surface area contributed by atoms with E-state index in [9.17, 15) is 4.79 Å². The minimum absolute atomic E-state index is 0.167. The predicted molar refractivity (Wildman–Crippen MR) is 121 cm³/mol. The van der Waals surface area contributed by atoms with Gasteiger partial charge in [-0.05, 0) is 31.4 Å². The van der Waals surface area contributed by atoms with Crippen LogP contribution in [-0.2, 0) is 0 Å². The number of aromatic nitrogens is 8. The highest BCUT2D eigenvalue weighted by molar-refractivity contribution is 6.35. The van der Waals surface area contributed by atoms with E-state index >= 15 is 0 Å². The van der Waals surface area contributed by atoms with E-state index in [4.69, 9.17) is 21.9 Å². The molecule has 0 radical (unpaired) electrons. The van der Waals surface area contributed by atoms with Gasteiger partial charge in [0.05, 0.1) is 22.1 Å². The first kappa shape index (κ1) is 20.6. The number of aryl methyl sites for hydroxylation is 1. The van der Waals surface area contributed by atoms with Crippen LogP contribution in [0.4, 0.5) is 11.6 Å². The summed E-state index contributed by atoms with van der Waals surface area (Å²) >= 11 is 6.33. The largest absolute Gasteiger partial charge is 0.383 e. The van der Waals surface area contributed by atoms with Gasteiger partial charge < -0.3 is 15.6 Å². The number of benzene rings is 1. The summed E-state index contributed by atoms with van der Waals surface area (Å²) in [6.45, 7) is 3.55. The molecule has 0 fully saturated rings. The molecule has 0 aliphatic heterocycles. The third-order valence-electron chi connectivity index (χ3n) is 5.04. The average Bonchev–Trinajstić information content (AvgIpc) is 3.45. The molecule has 1 aromatic carbocycles. The molecular weight excluding hydrogens is 448 g/mol. The lowest BCUT2D eigenvalue weighted by Gasteiger charge is -2.20. The van der Waals surface area contributed by atoms with Crippen molar-refractivity contribution in [2.24, 2.45) is 0 Å². The molecule has 33 heavy (non-hydrogen) atoms. The van der Waals surface area contributed by atoms with E-state index in [2.05, 4.69) is 40.6 Å². The smallest absolute Gasteiger partial charge is 0.267 e. The van der Waals surface area contributed by atoms with Crippen molar-refractivity contribution in [1.29, 1.82) is 0 Å². The van der Waals surface area contributed by atoms with Gasteiger partial charge in [0.1, 0.15) is 29.9 Å². The number of aromatic amines is 1. The number of fused-ring (bicyclic) bond motifs is 1. The minimum atomic E-state index is -0.461. The van der Waals surface area contributed by atoms with Crippen LogP contribution in [0.15, 0.2) is 46.2 Å². The lowest BCUT2D eigenvalue weighted by molar-refractivity contribution is 0.425. The van der Waals surface area contributed by atoms with Crippen molar-refractivity contribution in [3.05, 3.63) is 63.8 Å². The minimum Gasteiger partial charge on any atom is -0.383 e. The molecule has 12 nitrogen and oxygen atoms in total. The van der Waals surface area contributed by atoms with Crippen molar-refractivity contribution in [2.45, 2.75) is 19.9 Å². The molecule has 166 valence electrons. The number of pyridine rings is 1. The van der Waals surface area contributed by atoms with Crippen LogP contribution in [0, 0.1) is 6.92 Å². The van der Waals surface area contributed by atoms with Crippen molar-refractivity contribution in [1.82, 2.24) is 39.9 Å². The summed E-state index contributed by atoms with van der Waals surface area (Å²) in [6, 6.07) is 6.65. The Bertz CT molecular complexity index is 1530. The molecule has 4 heterocycles. The molecule has 4 N–H and O–H groups in total. The van der Waals surface area contributed by atoms with E-state index in [1.165, 1.54) is 17.2 Å². The van der Waals surface area contributed by atoms with Gasteiger partial charge in [0.15, 0.2) is 5.82 Å². The van der Waals surface area contributed by atoms with Gasteiger partial charge in [-0.2, -0.15) is 9.97 Å². The molecule has 0 amide bonds. The third-order valence-corrected chi connectivity index (χ3v) is 5.36. The standard InChI is InChI=1S/C20H17ClN10O2/c1-9(27-17-15(16(22)23-7-24-17)18-28-10(2)30-33-18)13-6-11-4-3-5-12(21)14(11)19(32)31(13)20-25-8-26-29-20/h3-9H,1-2H3,(H,25,26,29)(H3,22,23,24,27)/t9-/m0/s1. The van der Waals surface area contributed by atoms with Crippen LogP contribution in [-0.4, -0.2) is 39.9 Å². The number of rotatable bonds is 5. The Morgan fingerprint density at radius 1 is 1.27 bits per heavy atom. The second-order valence-electron chi connectivity index (χ2n) is 7.21. The molecule has 1 atom stereocenters.